The monoisotopic (exact) mass is 263 g/mol. The van der Waals surface area contributed by atoms with Crippen LogP contribution in [0.1, 0.15) is 39.2 Å². The first-order valence-electron chi connectivity index (χ1n) is 6.60. The first kappa shape index (κ1) is 13.3. The number of nitrogens with zero attached hydrogens (tertiary/aromatic N) is 2. The maximum absolute atomic E-state index is 6.31. The molecule has 0 spiro atoms. The molecule has 0 saturated carbocycles. The van der Waals surface area contributed by atoms with Crippen molar-refractivity contribution in [1.82, 2.24) is 9.55 Å². The summed E-state index contributed by atoms with van der Waals surface area (Å²) in [5, 5.41) is 2.08. The van der Waals surface area contributed by atoms with E-state index in [2.05, 4.69) is 47.1 Å². The zero-order valence-electron chi connectivity index (χ0n) is 11.0. The third-order valence-electron chi connectivity index (χ3n) is 3.30. The summed E-state index contributed by atoms with van der Waals surface area (Å²) >= 11 is 1.72. The highest BCUT2D eigenvalue weighted by molar-refractivity contribution is 7.13. The minimum absolute atomic E-state index is 0.202. The smallest absolute Gasteiger partial charge is 0.150 e. The molecule has 0 saturated heterocycles. The van der Waals surface area contributed by atoms with Gasteiger partial charge in [-0.05, 0) is 24.3 Å². The van der Waals surface area contributed by atoms with Gasteiger partial charge in [0.25, 0.3) is 0 Å². The maximum Gasteiger partial charge on any atom is 0.150 e. The van der Waals surface area contributed by atoms with E-state index in [1.165, 1.54) is 4.88 Å². The van der Waals surface area contributed by atoms with Crippen molar-refractivity contribution >= 4 is 11.3 Å². The second kappa shape index (κ2) is 6.16. The van der Waals surface area contributed by atoms with Crippen LogP contribution in [0.2, 0.25) is 0 Å². The highest BCUT2D eigenvalue weighted by Crippen LogP contribution is 2.28. The van der Waals surface area contributed by atoms with Crippen molar-refractivity contribution in [2.75, 3.05) is 0 Å². The van der Waals surface area contributed by atoms with E-state index >= 15 is 0 Å². The van der Waals surface area contributed by atoms with Gasteiger partial charge in [0.05, 0.1) is 4.88 Å². The van der Waals surface area contributed by atoms with Gasteiger partial charge in [-0.3, -0.25) is 0 Å². The van der Waals surface area contributed by atoms with E-state index in [1.54, 1.807) is 11.3 Å². The van der Waals surface area contributed by atoms with Gasteiger partial charge in [0.1, 0.15) is 5.82 Å². The van der Waals surface area contributed by atoms with E-state index < -0.39 is 0 Å². The number of nitrogens with two attached hydrogens (primary N) is 1. The maximum atomic E-state index is 6.31. The summed E-state index contributed by atoms with van der Waals surface area (Å²) in [6, 6.07) is 4.71. The topological polar surface area (TPSA) is 43.8 Å². The Morgan fingerprint density at radius 1 is 1.44 bits per heavy atom. The zero-order chi connectivity index (χ0) is 13.0. The Labute approximate surface area is 113 Å². The molecule has 0 aliphatic heterocycles. The van der Waals surface area contributed by atoms with Crippen LogP contribution in [0.3, 0.4) is 0 Å². The third kappa shape index (κ3) is 2.65. The number of aromatic nitrogens is 2. The van der Waals surface area contributed by atoms with Crippen LogP contribution in [0.25, 0.3) is 10.7 Å². The van der Waals surface area contributed by atoms with E-state index in [-0.39, 0.29) is 6.04 Å². The number of thiophene rings is 1. The fourth-order valence-electron chi connectivity index (χ4n) is 2.41. The molecule has 2 heterocycles. The van der Waals surface area contributed by atoms with Crippen molar-refractivity contribution in [2.45, 2.75) is 45.2 Å². The molecule has 4 heteroatoms. The van der Waals surface area contributed by atoms with Crippen LogP contribution in [0.5, 0.6) is 0 Å². The van der Waals surface area contributed by atoms with Crippen molar-refractivity contribution < 1.29 is 0 Å². The standard InChI is InChI=1S/C14H21N3S/c1-3-6-11(15)12(4-2)17-9-8-16-14(17)13-7-5-10-18-13/h5,7-12H,3-4,6,15H2,1-2H3. The van der Waals surface area contributed by atoms with Gasteiger partial charge < -0.3 is 10.3 Å². The minimum Gasteiger partial charge on any atom is -0.326 e. The van der Waals surface area contributed by atoms with Crippen LogP contribution in [-0.2, 0) is 0 Å². The Hall–Kier alpha value is -1.13. The Bertz CT molecular complexity index is 461. The Morgan fingerprint density at radius 2 is 2.28 bits per heavy atom. The highest BCUT2D eigenvalue weighted by atomic mass is 32.1. The molecule has 0 amide bonds. The van der Waals surface area contributed by atoms with Gasteiger partial charge in [0.2, 0.25) is 0 Å². The van der Waals surface area contributed by atoms with Crippen molar-refractivity contribution in [3.8, 4) is 10.7 Å². The lowest BCUT2D eigenvalue weighted by atomic mass is 10.0. The predicted molar refractivity (Wildman–Crippen MR) is 77.8 cm³/mol. The van der Waals surface area contributed by atoms with Gasteiger partial charge >= 0.3 is 0 Å². The van der Waals surface area contributed by atoms with E-state index in [1.807, 2.05) is 6.20 Å². The first-order chi connectivity index (χ1) is 8.77. The van der Waals surface area contributed by atoms with E-state index in [0.29, 0.717) is 6.04 Å². The van der Waals surface area contributed by atoms with Crippen molar-refractivity contribution in [2.24, 2.45) is 5.73 Å². The number of imidazole rings is 1. The van der Waals surface area contributed by atoms with Crippen molar-refractivity contribution in [3.63, 3.8) is 0 Å². The van der Waals surface area contributed by atoms with Crippen LogP contribution in [0.4, 0.5) is 0 Å². The molecule has 2 unspecified atom stereocenters. The van der Waals surface area contributed by atoms with E-state index in [9.17, 15) is 0 Å². The molecule has 0 radical (unpaired) electrons. The summed E-state index contributed by atoms with van der Waals surface area (Å²) < 4.78 is 2.24. The largest absolute Gasteiger partial charge is 0.326 e. The zero-order valence-corrected chi connectivity index (χ0v) is 11.9. The molecular formula is C14H21N3S. The van der Waals surface area contributed by atoms with Crippen LogP contribution in [-0.4, -0.2) is 15.6 Å². The Kier molecular flexibility index (Phi) is 4.55. The molecule has 98 valence electrons. The van der Waals surface area contributed by atoms with Gasteiger partial charge in [0, 0.05) is 24.5 Å². The van der Waals surface area contributed by atoms with Gasteiger partial charge in [0.15, 0.2) is 0 Å². The third-order valence-corrected chi connectivity index (χ3v) is 4.17. The van der Waals surface area contributed by atoms with Crippen molar-refractivity contribution in [3.05, 3.63) is 29.9 Å². The fourth-order valence-corrected chi connectivity index (χ4v) is 3.13. The molecule has 2 atom stereocenters. The number of hydrogen-bond donors (Lipinski definition) is 1. The lowest BCUT2D eigenvalue weighted by Gasteiger charge is -2.25. The van der Waals surface area contributed by atoms with Gasteiger partial charge in [-0.1, -0.05) is 26.3 Å². The van der Waals surface area contributed by atoms with Gasteiger partial charge in [-0.15, -0.1) is 11.3 Å². The van der Waals surface area contributed by atoms with Gasteiger partial charge in [-0.25, -0.2) is 4.98 Å². The summed E-state index contributed by atoms with van der Waals surface area (Å²) in [6.45, 7) is 4.37. The summed E-state index contributed by atoms with van der Waals surface area (Å²) in [7, 11) is 0. The molecule has 18 heavy (non-hydrogen) atoms. The van der Waals surface area contributed by atoms with Crippen LogP contribution >= 0.6 is 11.3 Å². The van der Waals surface area contributed by atoms with E-state index in [4.69, 9.17) is 5.73 Å². The molecule has 2 aromatic rings. The van der Waals surface area contributed by atoms with Gasteiger partial charge in [-0.2, -0.15) is 0 Å². The summed E-state index contributed by atoms with van der Waals surface area (Å²) in [4.78, 5) is 5.70. The number of hydrogen-bond acceptors (Lipinski definition) is 3. The normalized spacial score (nSPS) is 14.6. The summed E-state index contributed by atoms with van der Waals surface area (Å²) in [5.74, 6) is 1.04. The minimum atomic E-state index is 0.202. The Morgan fingerprint density at radius 3 is 2.89 bits per heavy atom. The average molecular weight is 263 g/mol. The van der Waals surface area contributed by atoms with Crippen molar-refractivity contribution in [1.29, 1.82) is 0 Å². The molecule has 0 aliphatic rings. The molecule has 0 fully saturated rings. The molecular weight excluding hydrogens is 242 g/mol. The average Bonchev–Trinajstić information content (AvgIpc) is 2.99. The van der Waals surface area contributed by atoms with Crippen LogP contribution < -0.4 is 5.73 Å². The quantitative estimate of drug-likeness (QED) is 0.863. The lowest BCUT2D eigenvalue weighted by molar-refractivity contribution is 0.381. The predicted octanol–water partition coefficient (Wildman–Crippen LogP) is 3.69. The Balaban J connectivity index is 2.29. The second-order valence-corrected chi connectivity index (χ2v) is 5.51. The highest BCUT2D eigenvalue weighted by Gasteiger charge is 2.20. The molecule has 2 rings (SSSR count). The lowest BCUT2D eigenvalue weighted by Crippen LogP contribution is -2.31. The fraction of sp³-hybridized carbons (Fsp3) is 0.500. The first-order valence-corrected chi connectivity index (χ1v) is 7.48. The molecule has 0 bridgehead atoms. The molecule has 2 N–H and O–H groups in total. The molecule has 2 aromatic heterocycles. The SMILES string of the molecule is CCCC(N)C(CC)n1ccnc1-c1cccs1. The number of rotatable bonds is 6. The molecule has 0 aliphatic carbocycles. The van der Waals surface area contributed by atoms with Crippen LogP contribution in [0, 0.1) is 0 Å². The summed E-state index contributed by atoms with van der Waals surface area (Å²) in [6.07, 6.45) is 7.15. The molecule has 3 nitrogen and oxygen atoms in total. The van der Waals surface area contributed by atoms with E-state index in [0.717, 1.165) is 25.1 Å². The summed E-state index contributed by atoms with van der Waals surface area (Å²) in [5.41, 5.74) is 6.31. The second-order valence-electron chi connectivity index (χ2n) is 4.56. The molecule has 0 aromatic carbocycles. The van der Waals surface area contributed by atoms with Crippen LogP contribution in [0.15, 0.2) is 29.9 Å².